The predicted octanol–water partition coefficient (Wildman–Crippen LogP) is 3.50. The van der Waals surface area contributed by atoms with Crippen LogP contribution in [0.2, 0.25) is 0 Å². The minimum Gasteiger partial charge on any atom is -0.347 e. The van der Waals surface area contributed by atoms with Gasteiger partial charge in [-0.25, -0.2) is 4.68 Å². The SMILES string of the molecule is O=C(NC1CCCCC12CCCC2)c1cc(-n2cccn2)ccn1. The second-order valence-corrected chi connectivity index (χ2v) is 7.19. The van der Waals surface area contributed by atoms with Crippen LogP contribution >= 0.6 is 0 Å². The van der Waals surface area contributed by atoms with Gasteiger partial charge in [-0.3, -0.25) is 9.78 Å². The maximum absolute atomic E-state index is 12.8. The Labute approximate surface area is 142 Å². The zero-order chi connectivity index (χ0) is 16.4. The summed E-state index contributed by atoms with van der Waals surface area (Å²) < 4.78 is 1.75. The summed E-state index contributed by atoms with van der Waals surface area (Å²) in [4.78, 5) is 17.0. The second kappa shape index (κ2) is 6.38. The van der Waals surface area contributed by atoms with Crippen LogP contribution in [0.3, 0.4) is 0 Å². The standard InChI is InChI=1S/C19H24N4O/c24-18(16-14-15(7-12-20-16)23-13-5-11-21-23)22-17-6-1-2-8-19(17)9-3-4-10-19/h5,7,11-14,17H,1-4,6,8-10H2,(H,22,24). The topological polar surface area (TPSA) is 59.8 Å². The van der Waals surface area contributed by atoms with E-state index in [1.165, 1.54) is 44.9 Å². The van der Waals surface area contributed by atoms with Gasteiger partial charge in [0.1, 0.15) is 5.69 Å². The summed E-state index contributed by atoms with van der Waals surface area (Å²) in [7, 11) is 0. The lowest BCUT2D eigenvalue weighted by atomic mass is 9.69. The number of nitrogens with zero attached hydrogens (tertiary/aromatic N) is 3. The van der Waals surface area contributed by atoms with Gasteiger partial charge in [0.25, 0.3) is 5.91 Å². The molecule has 0 saturated heterocycles. The molecule has 4 rings (SSSR count). The van der Waals surface area contributed by atoms with Gasteiger partial charge >= 0.3 is 0 Å². The first-order chi connectivity index (χ1) is 11.8. The molecule has 1 atom stereocenters. The van der Waals surface area contributed by atoms with Crippen molar-refractivity contribution >= 4 is 5.91 Å². The number of nitrogens with one attached hydrogen (secondary N) is 1. The molecule has 126 valence electrons. The number of carbonyl (C=O) groups excluding carboxylic acids is 1. The molecule has 2 saturated carbocycles. The molecule has 24 heavy (non-hydrogen) atoms. The van der Waals surface area contributed by atoms with E-state index >= 15 is 0 Å². The zero-order valence-corrected chi connectivity index (χ0v) is 13.9. The van der Waals surface area contributed by atoms with E-state index in [-0.39, 0.29) is 5.91 Å². The van der Waals surface area contributed by atoms with Crippen LogP contribution < -0.4 is 5.32 Å². The molecule has 2 aliphatic carbocycles. The summed E-state index contributed by atoms with van der Waals surface area (Å²) in [5.41, 5.74) is 1.68. The molecule has 0 bridgehead atoms. The molecule has 0 aliphatic heterocycles. The highest BCUT2D eigenvalue weighted by Gasteiger charge is 2.43. The van der Waals surface area contributed by atoms with Crippen molar-refractivity contribution in [1.29, 1.82) is 0 Å². The molecular weight excluding hydrogens is 300 g/mol. The maximum atomic E-state index is 12.8. The van der Waals surface area contributed by atoms with Crippen LogP contribution in [0.15, 0.2) is 36.8 Å². The molecule has 1 unspecified atom stereocenters. The van der Waals surface area contributed by atoms with E-state index in [9.17, 15) is 4.79 Å². The lowest BCUT2D eigenvalue weighted by Crippen LogP contribution is -2.48. The average molecular weight is 324 g/mol. The molecule has 2 heterocycles. The van der Waals surface area contributed by atoms with Crippen LogP contribution in [0.1, 0.15) is 61.9 Å². The molecular formula is C19H24N4O. The van der Waals surface area contributed by atoms with Crippen LogP contribution in [0.4, 0.5) is 0 Å². The van der Waals surface area contributed by atoms with Gasteiger partial charge in [0.05, 0.1) is 5.69 Å². The second-order valence-electron chi connectivity index (χ2n) is 7.19. The third-order valence-corrected chi connectivity index (χ3v) is 5.81. The number of pyridine rings is 1. The molecule has 0 aromatic carbocycles. The molecule has 0 radical (unpaired) electrons. The van der Waals surface area contributed by atoms with Crippen molar-refractivity contribution in [1.82, 2.24) is 20.1 Å². The van der Waals surface area contributed by atoms with Crippen molar-refractivity contribution in [3.05, 3.63) is 42.5 Å². The first kappa shape index (κ1) is 15.4. The predicted molar refractivity (Wildman–Crippen MR) is 92.0 cm³/mol. The number of aromatic nitrogens is 3. The van der Waals surface area contributed by atoms with Gasteiger partial charge in [0, 0.05) is 24.6 Å². The van der Waals surface area contributed by atoms with Gasteiger partial charge in [-0.15, -0.1) is 0 Å². The minimum absolute atomic E-state index is 0.0535. The molecule has 1 spiro atoms. The lowest BCUT2D eigenvalue weighted by molar-refractivity contribution is 0.0800. The van der Waals surface area contributed by atoms with E-state index in [2.05, 4.69) is 15.4 Å². The summed E-state index contributed by atoms with van der Waals surface area (Å²) in [6, 6.07) is 5.85. The van der Waals surface area contributed by atoms with Gasteiger partial charge in [0.15, 0.2) is 0 Å². The van der Waals surface area contributed by atoms with Gasteiger partial charge in [-0.1, -0.05) is 25.7 Å². The summed E-state index contributed by atoms with van der Waals surface area (Å²) in [5.74, 6) is -0.0535. The summed E-state index contributed by atoms with van der Waals surface area (Å²) >= 11 is 0. The third-order valence-electron chi connectivity index (χ3n) is 5.81. The molecule has 5 heteroatoms. The van der Waals surface area contributed by atoms with Crippen molar-refractivity contribution in [3.8, 4) is 5.69 Å². The van der Waals surface area contributed by atoms with Gasteiger partial charge in [-0.05, 0) is 49.3 Å². The van der Waals surface area contributed by atoms with Crippen LogP contribution in [0, 0.1) is 5.41 Å². The monoisotopic (exact) mass is 324 g/mol. The van der Waals surface area contributed by atoms with E-state index in [1.807, 2.05) is 24.4 Å². The average Bonchev–Trinajstić information content (AvgIpc) is 3.30. The van der Waals surface area contributed by atoms with Crippen molar-refractivity contribution in [2.24, 2.45) is 5.41 Å². The highest BCUT2D eigenvalue weighted by atomic mass is 16.1. The van der Waals surface area contributed by atoms with E-state index < -0.39 is 0 Å². The van der Waals surface area contributed by atoms with Crippen molar-refractivity contribution in [2.45, 2.75) is 57.4 Å². The number of carbonyl (C=O) groups is 1. The fourth-order valence-electron chi connectivity index (χ4n) is 4.55. The van der Waals surface area contributed by atoms with E-state index in [4.69, 9.17) is 0 Å². The fourth-order valence-corrected chi connectivity index (χ4v) is 4.55. The summed E-state index contributed by atoms with van der Waals surface area (Å²) in [6.07, 6.45) is 15.3. The Morgan fingerprint density at radius 3 is 2.71 bits per heavy atom. The van der Waals surface area contributed by atoms with Gasteiger partial charge in [0.2, 0.25) is 0 Å². The number of amides is 1. The van der Waals surface area contributed by atoms with E-state index in [1.54, 1.807) is 17.1 Å². The van der Waals surface area contributed by atoms with Crippen molar-refractivity contribution in [2.75, 3.05) is 0 Å². The van der Waals surface area contributed by atoms with Crippen LogP contribution in [0.5, 0.6) is 0 Å². The van der Waals surface area contributed by atoms with Crippen LogP contribution in [-0.2, 0) is 0 Å². The summed E-state index contributed by atoms with van der Waals surface area (Å²) in [5, 5.41) is 7.53. The smallest absolute Gasteiger partial charge is 0.270 e. The normalized spacial score (nSPS) is 22.6. The van der Waals surface area contributed by atoms with Crippen LogP contribution in [-0.4, -0.2) is 26.7 Å². The maximum Gasteiger partial charge on any atom is 0.270 e. The van der Waals surface area contributed by atoms with Crippen molar-refractivity contribution in [3.63, 3.8) is 0 Å². The first-order valence-corrected chi connectivity index (χ1v) is 9.04. The van der Waals surface area contributed by atoms with Gasteiger partial charge in [-0.2, -0.15) is 5.10 Å². The molecule has 5 nitrogen and oxygen atoms in total. The Morgan fingerprint density at radius 1 is 1.17 bits per heavy atom. The minimum atomic E-state index is -0.0535. The highest BCUT2D eigenvalue weighted by molar-refractivity contribution is 5.93. The largest absolute Gasteiger partial charge is 0.347 e. The Morgan fingerprint density at radius 2 is 1.96 bits per heavy atom. The zero-order valence-electron chi connectivity index (χ0n) is 13.9. The quantitative estimate of drug-likeness (QED) is 0.940. The Balaban J connectivity index is 1.52. The molecule has 1 N–H and O–H groups in total. The number of hydrogen-bond donors (Lipinski definition) is 1. The third kappa shape index (κ3) is 2.83. The molecule has 2 aliphatic rings. The van der Waals surface area contributed by atoms with Gasteiger partial charge < -0.3 is 5.32 Å². The van der Waals surface area contributed by atoms with E-state index in [0.29, 0.717) is 17.2 Å². The summed E-state index contributed by atoms with van der Waals surface area (Å²) in [6.45, 7) is 0. The Hall–Kier alpha value is -2.17. The molecule has 1 amide bonds. The van der Waals surface area contributed by atoms with E-state index in [0.717, 1.165) is 12.1 Å². The number of rotatable bonds is 3. The van der Waals surface area contributed by atoms with Crippen molar-refractivity contribution < 1.29 is 4.79 Å². The Kier molecular flexibility index (Phi) is 4.08. The molecule has 2 aromatic rings. The first-order valence-electron chi connectivity index (χ1n) is 9.04. The number of hydrogen-bond acceptors (Lipinski definition) is 3. The molecule has 2 fully saturated rings. The van der Waals surface area contributed by atoms with Crippen LogP contribution in [0.25, 0.3) is 5.69 Å². The highest BCUT2D eigenvalue weighted by Crippen LogP contribution is 2.49. The molecule has 2 aromatic heterocycles. The lowest BCUT2D eigenvalue weighted by Gasteiger charge is -2.42. The fraction of sp³-hybridized carbons (Fsp3) is 0.526. The Bertz CT molecular complexity index is 704.